The summed E-state index contributed by atoms with van der Waals surface area (Å²) < 4.78 is 14.2. The van der Waals surface area contributed by atoms with Crippen molar-refractivity contribution in [2.24, 2.45) is 0 Å². The first-order valence-electron chi connectivity index (χ1n) is 10.7. The van der Waals surface area contributed by atoms with E-state index in [9.17, 15) is 4.79 Å². The van der Waals surface area contributed by atoms with E-state index in [4.69, 9.17) is 14.6 Å². The van der Waals surface area contributed by atoms with Crippen molar-refractivity contribution in [3.63, 3.8) is 0 Å². The first-order valence-corrected chi connectivity index (χ1v) is 12.4. The first kappa shape index (κ1) is 23.7. The third kappa shape index (κ3) is 5.44. The second kappa shape index (κ2) is 11.0. The Morgan fingerprint density at radius 3 is 2.81 bits per heavy atom. The van der Waals surface area contributed by atoms with Crippen LogP contribution in [0.15, 0.2) is 39.1 Å². The summed E-state index contributed by atoms with van der Waals surface area (Å²) in [5.74, 6) is 1.88. The lowest BCUT2D eigenvalue weighted by Gasteiger charge is -2.29. The van der Waals surface area contributed by atoms with Crippen LogP contribution in [-0.2, 0) is 9.53 Å². The Balaban J connectivity index is 2.11. The third-order valence-electron chi connectivity index (χ3n) is 4.79. The molecule has 0 saturated carbocycles. The fraction of sp³-hybridized carbons (Fsp3) is 0.500. The van der Waals surface area contributed by atoms with Gasteiger partial charge in [0.2, 0.25) is 11.1 Å². The maximum atomic E-state index is 13.2. The normalized spacial score (nSPS) is 15.5. The number of thioether (sulfide) groups is 1. The number of nitrogens with zero attached hydrogens (tertiary/aromatic N) is 3. The second-order valence-corrected chi connectivity index (χ2v) is 9.16. The molecule has 1 N–H and O–H groups in total. The molecule has 1 atom stereocenters. The molecule has 3 rings (SSSR count). The van der Waals surface area contributed by atoms with Gasteiger partial charge in [0.25, 0.3) is 0 Å². The number of fused-ring (bicyclic) bond motifs is 1. The molecule has 2 heterocycles. The molecule has 1 aliphatic heterocycles. The molecule has 0 radical (unpaired) electrons. The Morgan fingerprint density at radius 1 is 1.29 bits per heavy atom. The van der Waals surface area contributed by atoms with Gasteiger partial charge >= 0.3 is 5.97 Å². The Morgan fingerprint density at radius 2 is 2.10 bits per heavy atom. The molecule has 168 valence electrons. The number of anilines is 1. The molecule has 7 nitrogen and oxygen atoms in total. The molecule has 2 aromatic rings. The van der Waals surface area contributed by atoms with Crippen LogP contribution in [0.4, 0.5) is 5.95 Å². The summed E-state index contributed by atoms with van der Waals surface area (Å²) in [6, 6.07) is 5.30. The number of allylic oxidation sites excluding steroid dienone is 1. The van der Waals surface area contributed by atoms with E-state index in [1.165, 1.54) is 0 Å². The van der Waals surface area contributed by atoms with Crippen LogP contribution in [0.1, 0.15) is 58.6 Å². The molecule has 1 unspecified atom stereocenters. The molecule has 1 aromatic carbocycles. The van der Waals surface area contributed by atoms with E-state index in [1.54, 1.807) is 16.4 Å². The molecule has 0 fully saturated rings. The highest BCUT2D eigenvalue weighted by Crippen LogP contribution is 2.41. The smallest absolute Gasteiger partial charge is 0.338 e. The molecule has 0 aliphatic carbocycles. The zero-order valence-electron chi connectivity index (χ0n) is 18.4. The molecular formula is C22H29BrN4O3S. The monoisotopic (exact) mass is 508 g/mol. The van der Waals surface area contributed by atoms with E-state index >= 15 is 0 Å². The summed E-state index contributed by atoms with van der Waals surface area (Å²) in [7, 11) is 0. The minimum Gasteiger partial charge on any atom is -0.494 e. The van der Waals surface area contributed by atoms with Crippen molar-refractivity contribution < 1.29 is 14.3 Å². The number of benzene rings is 1. The van der Waals surface area contributed by atoms with Crippen molar-refractivity contribution in [3.8, 4) is 5.75 Å². The van der Waals surface area contributed by atoms with E-state index in [0.717, 1.165) is 35.1 Å². The van der Waals surface area contributed by atoms with E-state index < -0.39 is 6.04 Å². The van der Waals surface area contributed by atoms with E-state index in [-0.39, 0.29) is 5.97 Å². The van der Waals surface area contributed by atoms with E-state index in [1.807, 2.05) is 32.0 Å². The maximum absolute atomic E-state index is 13.2. The van der Waals surface area contributed by atoms with Gasteiger partial charge < -0.3 is 14.8 Å². The lowest BCUT2D eigenvalue weighted by Crippen LogP contribution is -2.30. The number of hydrogen-bond donors (Lipinski definition) is 1. The summed E-state index contributed by atoms with van der Waals surface area (Å²) in [6.07, 6.45) is 2.81. The fourth-order valence-electron chi connectivity index (χ4n) is 3.34. The Bertz CT molecular complexity index is 960. The van der Waals surface area contributed by atoms with Crippen LogP contribution in [0.3, 0.4) is 0 Å². The topological polar surface area (TPSA) is 78.3 Å². The number of carbonyl (C=O) groups excluding carboxylic acids is 1. The van der Waals surface area contributed by atoms with Crippen molar-refractivity contribution in [1.82, 2.24) is 14.8 Å². The molecule has 1 aromatic heterocycles. The van der Waals surface area contributed by atoms with Gasteiger partial charge in [0.05, 0.1) is 18.8 Å². The van der Waals surface area contributed by atoms with Gasteiger partial charge in [0.1, 0.15) is 11.8 Å². The van der Waals surface area contributed by atoms with Crippen LogP contribution in [0.5, 0.6) is 5.75 Å². The summed E-state index contributed by atoms with van der Waals surface area (Å²) in [5.41, 5.74) is 2.05. The van der Waals surface area contributed by atoms with Gasteiger partial charge in [0, 0.05) is 21.5 Å². The van der Waals surface area contributed by atoms with Gasteiger partial charge in [-0.2, -0.15) is 4.98 Å². The zero-order chi connectivity index (χ0) is 22.4. The highest BCUT2D eigenvalue weighted by molar-refractivity contribution is 9.10. The minimum absolute atomic E-state index is 0.352. The van der Waals surface area contributed by atoms with Crippen molar-refractivity contribution in [2.75, 3.05) is 24.3 Å². The summed E-state index contributed by atoms with van der Waals surface area (Å²) in [4.78, 5) is 17.8. The average molecular weight is 509 g/mol. The van der Waals surface area contributed by atoms with Crippen molar-refractivity contribution in [1.29, 1.82) is 0 Å². The molecule has 1 aliphatic rings. The Kier molecular flexibility index (Phi) is 8.43. The van der Waals surface area contributed by atoms with Gasteiger partial charge in [-0.1, -0.05) is 48.0 Å². The second-order valence-electron chi connectivity index (χ2n) is 7.18. The quantitative estimate of drug-likeness (QED) is 0.255. The number of hydrogen-bond acceptors (Lipinski definition) is 7. The molecular weight excluding hydrogens is 480 g/mol. The third-order valence-corrected chi connectivity index (χ3v) is 6.32. The van der Waals surface area contributed by atoms with E-state index in [0.29, 0.717) is 41.3 Å². The SMILES string of the molecule is CCCCOC(=O)C1=C(C)Nc2nc(SCCC)nn2C1c1cc(Br)ccc1OCC. The van der Waals surface area contributed by atoms with Gasteiger partial charge in [0.15, 0.2) is 0 Å². The van der Waals surface area contributed by atoms with Crippen LogP contribution in [-0.4, -0.2) is 39.7 Å². The molecule has 0 spiro atoms. The van der Waals surface area contributed by atoms with E-state index in [2.05, 4.69) is 40.1 Å². The van der Waals surface area contributed by atoms with Crippen LogP contribution < -0.4 is 10.1 Å². The number of ether oxygens (including phenoxy) is 2. The molecule has 31 heavy (non-hydrogen) atoms. The number of aromatic nitrogens is 3. The maximum Gasteiger partial charge on any atom is 0.338 e. The van der Waals surface area contributed by atoms with Crippen molar-refractivity contribution in [2.45, 2.75) is 58.2 Å². The van der Waals surface area contributed by atoms with Crippen LogP contribution in [0, 0.1) is 0 Å². The van der Waals surface area contributed by atoms with Gasteiger partial charge in [-0.25, -0.2) is 9.48 Å². The highest BCUT2D eigenvalue weighted by atomic mass is 79.9. The predicted molar refractivity (Wildman–Crippen MR) is 127 cm³/mol. The number of unbranched alkanes of at least 4 members (excludes halogenated alkanes) is 1. The highest BCUT2D eigenvalue weighted by Gasteiger charge is 2.37. The van der Waals surface area contributed by atoms with Crippen molar-refractivity contribution >= 4 is 39.6 Å². The number of esters is 1. The minimum atomic E-state index is -0.507. The zero-order valence-corrected chi connectivity index (χ0v) is 20.8. The molecule has 0 amide bonds. The lowest BCUT2D eigenvalue weighted by atomic mass is 9.95. The Hall–Kier alpha value is -2.00. The molecule has 9 heteroatoms. The largest absolute Gasteiger partial charge is 0.494 e. The molecule has 0 bridgehead atoms. The number of rotatable bonds is 10. The van der Waals surface area contributed by atoms with Gasteiger partial charge in [-0.05, 0) is 44.9 Å². The Labute approximate surface area is 196 Å². The van der Waals surface area contributed by atoms with Crippen LogP contribution >= 0.6 is 27.7 Å². The predicted octanol–water partition coefficient (Wildman–Crippen LogP) is 5.57. The summed E-state index contributed by atoms with van der Waals surface area (Å²) >= 11 is 5.16. The standard InChI is InChI=1S/C22H29BrN4O3S/c1-5-8-11-30-20(28)18-14(4)24-21-25-22(31-12-6-2)26-27(21)19(18)16-13-15(23)9-10-17(16)29-7-3/h9-10,13,19H,5-8,11-12H2,1-4H3,(H,24,25,26). The fourth-order valence-corrected chi connectivity index (χ4v) is 4.41. The number of nitrogens with one attached hydrogen (secondary N) is 1. The first-order chi connectivity index (χ1) is 15.0. The van der Waals surface area contributed by atoms with Gasteiger partial charge in [-0.15, -0.1) is 5.10 Å². The summed E-state index contributed by atoms with van der Waals surface area (Å²) in [6.45, 7) is 8.90. The number of halogens is 1. The number of carbonyl (C=O) groups is 1. The average Bonchev–Trinajstić information content (AvgIpc) is 3.15. The lowest BCUT2D eigenvalue weighted by molar-refractivity contribution is -0.139. The molecule has 0 saturated heterocycles. The van der Waals surface area contributed by atoms with Crippen molar-refractivity contribution in [3.05, 3.63) is 39.5 Å². The van der Waals surface area contributed by atoms with Crippen LogP contribution in [0.2, 0.25) is 0 Å². The van der Waals surface area contributed by atoms with Crippen LogP contribution in [0.25, 0.3) is 0 Å². The summed E-state index contributed by atoms with van der Waals surface area (Å²) in [5, 5.41) is 8.66. The van der Waals surface area contributed by atoms with Gasteiger partial charge in [-0.3, -0.25) is 0 Å².